The highest BCUT2D eigenvalue weighted by atomic mass is 32.2. The topological polar surface area (TPSA) is 97.5 Å². The highest BCUT2D eigenvalue weighted by Gasteiger charge is 1.87. The summed E-state index contributed by atoms with van der Waals surface area (Å²) in [5.74, 6) is 0. The van der Waals surface area contributed by atoms with Crippen molar-refractivity contribution in [2.24, 2.45) is 5.14 Å². The highest BCUT2D eigenvalue weighted by molar-refractivity contribution is 7.92. The lowest BCUT2D eigenvalue weighted by Gasteiger charge is -1.78. The molecule has 0 aliphatic carbocycles. The number of hydrogen-bond donors (Lipinski definition) is 2. The first-order valence-electron chi connectivity index (χ1n) is 2.21. The van der Waals surface area contributed by atoms with Crippen molar-refractivity contribution in [3.05, 3.63) is 11.5 Å². The summed E-state index contributed by atoms with van der Waals surface area (Å²) in [6.07, 6.45) is 1.37. The number of rotatable bonds is 1. The Hall–Kier alpha value is -0.880. The van der Waals surface area contributed by atoms with Crippen LogP contribution in [0.1, 0.15) is 6.92 Å². The van der Waals surface area contributed by atoms with Crippen molar-refractivity contribution in [2.45, 2.75) is 6.92 Å². The fourth-order valence-corrected chi connectivity index (χ4v) is 0.569. The Morgan fingerprint density at radius 2 is 1.80 bits per heavy atom. The van der Waals surface area contributed by atoms with Gasteiger partial charge in [0.15, 0.2) is 0 Å². The number of nitrogens with two attached hydrogens (primary N) is 1. The van der Waals surface area contributed by atoms with Gasteiger partial charge < -0.3 is 5.11 Å². The van der Waals surface area contributed by atoms with Crippen molar-refractivity contribution in [1.82, 2.24) is 0 Å². The average Bonchev–Trinajstić information content (AvgIpc) is 1.63. The fraction of sp³-hybridized carbons (Fsp3) is 0.250. The molecule has 0 saturated heterocycles. The number of hydrogen-bond acceptors (Lipinski definition) is 3. The van der Waals surface area contributed by atoms with Gasteiger partial charge >= 0.3 is 0 Å². The maximum atomic E-state index is 9.92. The molecule has 3 N–H and O–H groups in total. The molecule has 10 heavy (non-hydrogen) atoms. The van der Waals surface area contributed by atoms with Gasteiger partial charge in [0.1, 0.15) is 0 Å². The molecule has 0 amide bonds. The summed E-state index contributed by atoms with van der Waals surface area (Å²) >= 11 is 0. The van der Waals surface area contributed by atoms with Crippen molar-refractivity contribution >= 4 is 16.5 Å². The molecule has 0 bridgehead atoms. The van der Waals surface area contributed by atoms with E-state index in [1.54, 1.807) is 6.92 Å². The minimum atomic E-state index is -3.35. The molecule has 0 atom stereocenters. The third kappa shape index (κ3) is 27.4. The molecule has 0 saturated carbocycles. The van der Waals surface area contributed by atoms with Gasteiger partial charge in [-0.25, -0.2) is 13.6 Å². The van der Waals surface area contributed by atoms with Crippen LogP contribution in [-0.2, 0) is 14.8 Å². The van der Waals surface area contributed by atoms with Gasteiger partial charge in [-0.2, -0.15) is 0 Å². The number of primary sulfonamides is 1. The Kier molecular flexibility index (Phi) is 7.41. The van der Waals surface area contributed by atoms with Crippen LogP contribution in [0.4, 0.5) is 0 Å². The van der Waals surface area contributed by atoms with Crippen LogP contribution in [0, 0.1) is 0 Å². The normalized spacial score (nSPS) is 10.2. The SMILES string of the molecule is CC=CS(N)(=O)=O.O=CO. The Morgan fingerprint density at radius 1 is 1.50 bits per heavy atom. The van der Waals surface area contributed by atoms with Gasteiger partial charge in [-0.1, -0.05) is 6.08 Å². The van der Waals surface area contributed by atoms with E-state index in [-0.39, 0.29) is 6.47 Å². The smallest absolute Gasteiger partial charge is 0.290 e. The first kappa shape index (κ1) is 11.9. The Bertz CT molecular complexity index is 193. The summed E-state index contributed by atoms with van der Waals surface area (Å²) in [5, 5.41) is 12.4. The molecule has 0 rings (SSSR count). The van der Waals surface area contributed by atoms with Gasteiger partial charge in [0.2, 0.25) is 10.0 Å². The second-order valence-corrected chi connectivity index (χ2v) is 2.61. The zero-order valence-corrected chi connectivity index (χ0v) is 6.21. The summed E-state index contributed by atoms with van der Waals surface area (Å²) < 4.78 is 19.8. The van der Waals surface area contributed by atoms with Crippen LogP contribution in [0.2, 0.25) is 0 Å². The maximum absolute atomic E-state index is 9.92. The number of carboxylic acid groups (broad SMARTS) is 1. The van der Waals surface area contributed by atoms with E-state index in [1.807, 2.05) is 0 Å². The maximum Gasteiger partial charge on any atom is 0.290 e. The molecule has 0 aromatic heterocycles. The zero-order chi connectivity index (χ0) is 8.62. The first-order valence-corrected chi connectivity index (χ1v) is 3.82. The summed E-state index contributed by atoms with van der Waals surface area (Å²) in [5.41, 5.74) is 0. The summed E-state index contributed by atoms with van der Waals surface area (Å²) in [4.78, 5) is 8.36. The lowest BCUT2D eigenvalue weighted by Crippen LogP contribution is -2.06. The Morgan fingerprint density at radius 3 is 1.80 bits per heavy atom. The van der Waals surface area contributed by atoms with E-state index in [4.69, 9.17) is 9.90 Å². The predicted molar refractivity (Wildman–Crippen MR) is 36.6 cm³/mol. The van der Waals surface area contributed by atoms with Crippen molar-refractivity contribution in [2.75, 3.05) is 0 Å². The molecule has 0 aromatic rings. The van der Waals surface area contributed by atoms with E-state index >= 15 is 0 Å². The summed E-state index contributed by atoms with van der Waals surface area (Å²) in [6.45, 7) is 1.34. The van der Waals surface area contributed by atoms with E-state index in [1.165, 1.54) is 6.08 Å². The standard InChI is InChI=1S/C3H7NO2S.CH2O2/c1-2-3-7(4,5)6;2-1-3/h2-3H,1H3,(H2,4,5,6);1H,(H,2,3). The van der Waals surface area contributed by atoms with Crippen LogP contribution in [0.25, 0.3) is 0 Å². The van der Waals surface area contributed by atoms with Crippen molar-refractivity contribution in [1.29, 1.82) is 0 Å². The van der Waals surface area contributed by atoms with Crippen LogP contribution in [0.5, 0.6) is 0 Å². The first-order chi connectivity index (χ1) is 4.47. The third-order valence-corrected chi connectivity index (χ3v) is 0.977. The van der Waals surface area contributed by atoms with Crippen LogP contribution in [-0.4, -0.2) is 20.0 Å². The fourth-order valence-electron chi connectivity index (χ4n) is 0.190. The average molecular weight is 167 g/mol. The van der Waals surface area contributed by atoms with Crippen LogP contribution >= 0.6 is 0 Å². The van der Waals surface area contributed by atoms with E-state index in [9.17, 15) is 8.42 Å². The molecule has 0 aliphatic heterocycles. The minimum Gasteiger partial charge on any atom is -0.483 e. The number of carbonyl (C=O) groups is 1. The van der Waals surface area contributed by atoms with Gasteiger partial charge in [0.25, 0.3) is 6.47 Å². The van der Waals surface area contributed by atoms with Gasteiger partial charge in [-0.15, -0.1) is 0 Å². The monoisotopic (exact) mass is 167 g/mol. The van der Waals surface area contributed by atoms with Gasteiger partial charge in [0.05, 0.1) is 0 Å². The molecule has 6 heteroatoms. The third-order valence-electron chi connectivity index (χ3n) is 0.326. The molecule has 0 unspecified atom stereocenters. The zero-order valence-electron chi connectivity index (χ0n) is 5.39. The molecule has 0 radical (unpaired) electrons. The van der Waals surface area contributed by atoms with E-state index < -0.39 is 10.0 Å². The molecule has 0 spiro atoms. The van der Waals surface area contributed by atoms with Crippen molar-refractivity contribution in [3.8, 4) is 0 Å². The van der Waals surface area contributed by atoms with Crippen LogP contribution in [0.15, 0.2) is 11.5 Å². The predicted octanol–water partition coefficient (Wildman–Crippen LogP) is -0.491. The van der Waals surface area contributed by atoms with Gasteiger partial charge in [0, 0.05) is 5.41 Å². The molecule has 0 fully saturated rings. The lowest BCUT2D eigenvalue weighted by atomic mass is 10.8. The summed E-state index contributed by atoms with van der Waals surface area (Å²) in [6, 6.07) is 0. The van der Waals surface area contributed by atoms with Gasteiger partial charge in [-0.05, 0) is 6.92 Å². The second-order valence-electron chi connectivity index (χ2n) is 1.16. The minimum absolute atomic E-state index is 0.250. The Labute approximate surface area is 59.2 Å². The largest absolute Gasteiger partial charge is 0.483 e. The highest BCUT2D eigenvalue weighted by Crippen LogP contribution is 1.76. The van der Waals surface area contributed by atoms with Crippen LogP contribution < -0.4 is 5.14 Å². The van der Waals surface area contributed by atoms with Crippen molar-refractivity contribution < 1.29 is 18.3 Å². The quantitative estimate of drug-likeness (QED) is 0.515. The Balaban J connectivity index is 0. The van der Waals surface area contributed by atoms with Gasteiger partial charge in [-0.3, -0.25) is 4.79 Å². The number of allylic oxidation sites excluding steroid dienone is 1. The lowest BCUT2D eigenvalue weighted by molar-refractivity contribution is -0.122. The number of sulfonamides is 1. The molecule has 0 aromatic carbocycles. The van der Waals surface area contributed by atoms with Crippen LogP contribution in [0.3, 0.4) is 0 Å². The molecular formula is C4H9NO4S. The second kappa shape index (κ2) is 6.24. The molecule has 5 nitrogen and oxygen atoms in total. The van der Waals surface area contributed by atoms with E-state index in [0.29, 0.717) is 0 Å². The molecule has 60 valence electrons. The summed E-state index contributed by atoms with van der Waals surface area (Å²) in [7, 11) is -3.35. The molecular weight excluding hydrogens is 158 g/mol. The van der Waals surface area contributed by atoms with Crippen molar-refractivity contribution in [3.63, 3.8) is 0 Å². The molecule has 0 heterocycles. The van der Waals surface area contributed by atoms with E-state index in [2.05, 4.69) is 5.14 Å². The molecule has 0 aliphatic rings. The van der Waals surface area contributed by atoms with E-state index in [0.717, 1.165) is 5.41 Å².